The van der Waals surface area contributed by atoms with Gasteiger partial charge in [-0.25, -0.2) is 4.39 Å². The summed E-state index contributed by atoms with van der Waals surface area (Å²) in [4.78, 5) is 23.5. The van der Waals surface area contributed by atoms with Gasteiger partial charge in [-0.2, -0.15) is 0 Å². The van der Waals surface area contributed by atoms with Crippen LogP contribution < -0.4 is 4.90 Å². The number of carboxylic acids is 1. The van der Waals surface area contributed by atoms with Gasteiger partial charge >= 0.3 is 5.97 Å². The Balaban J connectivity index is 2.29. The molecule has 1 atom stereocenters. The van der Waals surface area contributed by atoms with Gasteiger partial charge in [0.2, 0.25) is 5.91 Å². The molecule has 17 heavy (non-hydrogen) atoms. The number of hydrogen-bond acceptors (Lipinski definition) is 2. The molecule has 1 aliphatic heterocycles. The van der Waals surface area contributed by atoms with E-state index in [0.717, 1.165) is 11.0 Å². The lowest BCUT2D eigenvalue weighted by atomic mass is 10.1. The van der Waals surface area contributed by atoms with Crippen molar-refractivity contribution in [3.63, 3.8) is 0 Å². The van der Waals surface area contributed by atoms with E-state index in [-0.39, 0.29) is 23.7 Å². The number of halogens is 2. The Morgan fingerprint density at radius 2 is 2.24 bits per heavy atom. The summed E-state index contributed by atoms with van der Waals surface area (Å²) in [5, 5.41) is 9.04. The summed E-state index contributed by atoms with van der Waals surface area (Å²) in [5.74, 6) is -2.84. The number of anilines is 1. The molecule has 1 N–H and O–H groups in total. The third kappa shape index (κ3) is 2.24. The second kappa shape index (κ2) is 4.33. The third-order valence-electron chi connectivity index (χ3n) is 2.67. The summed E-state index contributed by atoms with van der Waals surface area (Å²) in [6.45, 7) is -0.00722. The average Bonchev–Trinajstić information content (AvgIpc) is 2.61. The SMILES string of the molecule is O=C(O)C1CC(=O)N(c2ccc(Cl)cc2F)C1. The van der Waals surface area contributed by atoms with E-state index in [1.165, 1.54) is 12.1 Å². The maximum absolute atomic E-state index is 13.6. The highest BCUT2D eigenvalue weighted by Gasteiger charge is 2.36. The molecule has 6 heteroatoms. The van der Waals surface area contributed by atoms with Gasteiger partial charge in [0, 0.05) is 18.0 Å². The molecule has 2 rings (SSSR count). The van der Waals surface area contributed by atoms with E-state index in [4.69, 9.17) is 16.7 Å². The van der Waals surface area contributed by atoms with Crippen molar-refractivity contribution in [1.82, 2.24) is 0 Å². The van der Waals surface area contributed by atoms with Gasteiger partial charge in [-0.15, -0.1) is 0 Å². The van der Waals surface area contributed by atoms with E-state index >= 15 is 0 Å². The molecular weight excluding hydrogens is 249 g/mol. The molecule has 90 valence electrons. The van der Waals surface area contributed by atoms with Crippen LogP contribution in [0.25, 0.3) is 0 Å². The minimum absolute atomic E-state index is 0.00722. The smallest absolute Gasteiger partial charge is 0.308 e. The van der Waals surface area contributed by atoms with Gasteiger partial charge in [0.05, 0.1) is 11.6 Å². The number of rotatable bonds is 2. The maximum Gasteiger partial charge on any atom is 0.308 e. The van der Waals surface area contributed by atoms with Crippen molar-refractivity contribution in [1.29, 1.82) is 0 Å². The monoisotopic (exact) mass is 257 g/mol. The average molecular weight is 258 g/mol. The molecule has 0 bridgehead atoms. The van der Waals surface area contributed by atoms with Crippen molar-refractivity contribution in [3.05, 3.63) is 29.0 Å². The predicted octanol–water partition coefficient (Wildman–Crippen LogP) is 1.92. The summed E-state index contributed by atoms with van der Waals surface area (Å²) in [7, 11) is 0. The van der Waals surface area contributed by atoms with Gasteiger partial charge < -0.3 is 10.0 Å². The number of aliphatic carboxylic acids is 1. The molecule has 0 aromatic heterocycles. The Hall–Kier alpha value is -1.62. The van der Waals surface area contributed by atoms with E-state index in [1.54, 1.807) is 0 Å². The quantitative estimate of drug-likeness (QED) is 0.881. The fourth-order valence-corrected chi connectivity index (χ4v) is 1.96. The lowest BCUT2D eigenvalue weighted by Gasteiger charge is -2.16. The Kier molecular flexibility index (Phi) is 3.02. The number of carbonyl (C=O) groups excluding carboxylic acids is 1. The molecule has 4 nitrogen and oxygen atoms in total. The lowest BCUT2D eigenvalue weighted by Crippen LogP contribution is -2.26. The van der Waals surface area contributed by atoms with Crippen molar-refractivity contribution < 1.29 is 19.1 Å². The molecule has 1 saturated heterocycles. The number of hydrogen-bond donors (Lipinski definition) is 1. The van der Waals surface area contributed by atoms with E-state index in [2.05, 4.69) is 0 Å². The van der Waals surface area contributed by atoms with E-state index in [1.807, 2.05) is 0 Å². The molecule has 1 heterocycles. The Morgan fingerprint density at radius 1 is 1.53 bits per heavy atom. The number of carboxylic acid groups (broad SMARTS) is 1. The highest BCUT2D eigenvalue weighted by Crippen LogP contribution is 2.29. The highest BCUT2D eigenvalue weighted by atomic mass is 35.5. The van der Waals surface area contributed by atoms with Crippen LogP contribution in [0.15, 0.2) is 18.2 Å². The van der Waals surface area contributed by atoms with E-state index in [0.29, 0.717) is 0 Å². The van der Waals surface area contributed by atoms with Crippen molar-refractivity contribution in [2.45, 2.75) is 6.42 Å². The molecule has 0 radical (unpaired) electrons. The second-order valence-corrected chi connectivity index (χ2v) is 4.28. The Morgan fingerprint density at radius 3 is 2.76 bits per heavy atom. The zero-order chi connectivity index (χ0) is 12.6. The van der Waals surface area contributed by atoms with Gasteiger partial charge in [-0.1, -0.05) is 11.6 Å². The first kappa shape index (κ1) is 11.9. The zero-order valence-corrected chi connectivity index (χ0v) is 9.45. The van der Waals surface area contributed by atoms with Crippen LogP contribution in [-0.4, -0.2) is 23.5 Å². The summed E-state index contributed by atoms with van der Waals surface area (Å²) in [5.41, 5.74) is 0.0724. The van der Waals surface area contributed by atoms with Crippen LogP contribution in [0.4, 0.5) is 10.1 Å². The molecule has 0 spiro atoms. The number of carbonyl (C=O) groups is 2. The Labute approximate surface area is 102 Å². The zero-order valence-electron chi connectivity index (χ0n) is 8.69. The standard InChI is InChI=1S/C11H9ClFNO3/c12-7-1-2-9(8(13)4-7)14-5-6(11(16)17)3-10(14)15/h1-2,4,6H,3,5H2,(H,16,17). The van der Waals surface area contributed by atoms with E-state index < -0.39 is 23.6 Å². The first-order chi connectivity index (χ1) is 7.99. The minimum atomic E-state index is -1.05. The second-order valence-electron chi connectivity index (χ2n) is 3.84. The fraction of sp³-hybridized carbons (Fsp3) is 0.273. The van der Waals surface area contributed by atoms with Gasteiger partial charge in [0.1, 0.15) is 5.82 Å². The van der Waals surface area contributed by atoms with Gasteiger partial charge in [-0.3, -0.25) is 9.59 Å². The van der Waals surface area contributed by atoms with Crippen LogP contribution in [0.2, 0.25) is 5.02 Å². The van der Waals surface area contributed by atoms with Crippen LogP contribution in [-0.2, 0) is 9.59 Å². The van der Waals surface area contributed by atoms with Crippen molar-refractivity contribution in [2.75, 3.05) is 11.4 Å². The maximum atomic E-state index is 13.6. The normalized spacial score (nSPS) is 19.8. The van der Waals surface area contributed by atoms with Crippen molar-refractivity contribution >= 4 is 29.2 Å². The van der Waals surface area contributed by atoms with Crippen LogP contribution >= 0.6 is 11.6 Å². The first-order valence-corrected chi connectivity index (χ1v) is 5.35. The summed E-state index contributed by atoms with van der Waals surface area (Å²) < 4.78 is 13.6. The van der Waals surface area contributed by atoms with Crippen molar-refractivity contribution in [2.24, 2.45) is 5.92 Å². The van der Waals surface area contributed by atoms with Crippen LogP contribution in [0.3, 0.4) is 0 Å². The number of nitrogens with zero attached hydrogens (tertiary/aromatic N) is 1. The number of amides is 1. The molecule has 1 aromatic carbocycles. The highest BCUT2D eigenvalue weighted by molar-refractivity contribution is 6.30. The molecule has 0 saturated carbocycles. The molecule has 1 amide bonds. The van der Waals surface area contributed by atoms with Gasteiger partial charge in [-0.05, 0) is 18.2 Å². The topological polar surface area (TPSA) is 57.6 Å². The molecular formula is C11H9ClFNO3. The van der Waals surface area contributed by atoms with E-state index in [9.17, 15) is 14.0 Å². The van der Waals surface area contributed by atoms with Crippen LogP contribution in [0.1, 0.15) is 6.42 Å². The minimum Gasteiger partial charge on any atom is -0.481 e. The van der Waals surface area contributed by atoms with Crippen LogP contribution in [0, 0.1) is 11.7 Å². The predicted molar refractivity (Wildman–Crippen MR) is 59.5 cm³/mol. The van der Waals surface area contributed by atoms with Crippen LogP contribution in [0.5, 0.6) is 0 Å². The molecule has 1 aliphatic rings. The fourth-order valence-electron chi connectivity index (χ4n) is 1.81. The molecule has 1 unspecified atom stereocenters. The Bertz CT molecular complexity index is 492. The van der Waals surface area contributed by atoms with Gasteiger partial charge in [0.25, 0.3) is 0 Å². The largest absolute Gasteiger partial charge is 0.481 e. The molecule has 1 fully saturated rings. The summed E-state index contributed by atoms with van der Waals surface area (Å²) in [6, 6.07) is 3.93. The third-order valence-corrected chi connectivity index (χ3v) is 2.91. The number of benzene rings is 1. The first-order valence-electron chi connectivity index (χ1n) is 4.97. The summed E-state index contributed by atoms with van der Waals surface area (Å²) >= 11 is 5.60. The lowest BCUT2D eigenvalue weighted by molar-refractivity contribution is -0.141. The van der Waals surface area contributed by atoms with Crippen molar-refractivity contribution in [3.8, 4) is 0 Å². The summed E-state index contributed by atoms with van der Waals surface area (Å²) in [6.07, 6.45) is -0.0998. The molecule has 0 aliphatic carbocycles. The molecule has 1 aromatic rings. The van der Waals surface area contributed by atoms with Gasteiger partial charge in [0.15, 0.2) is 0 Å².